The molecule has 5 rings (SSSR count). The van der Waals surface area contributed by atoms with E-state index in [1.807, 2.05) is 18.7 Å². The van der Waals surface area contributed by atoms with Gasteiger partial charge in [0.25, 0.3) is 0 Å². The van der Waals surface area contributed by atoms with E-state index in [0.717, 1.165) is 5.39 Å². The van der Waals surface area contributed by atoms with Crippen LogP contribution in [0.3, 0.4) is 0 Å². The van der Waals surface area contributed by atoms with E-state index in [1.165, 1.54) is 11.3 Å². The van der Waals surface area contributed by atoms with E-state index in [4.69, 9.17) is 0 Å². The summed E-state index contributed by atoms with van der Waals surface area (Å²) in [6, 6.07) is 5.25. The van der Waals surface area contributed by atoms with Crippen molar-refractivity contribution < 1.29 is 13.2 Å². The number of nitriles is 1. The average molecular weight is 580 g/mol. The zero-order valence-corrected chi connectivity index (χ0v) is 22.3. The van der Waals surface area contributed by atoms with E-state index < -0.39 is 15.6 Å². The van der Waals surface area contributed by atoms with Crippen molar-refractivity contribution in [1.29, 1.82) is 5.26 Å². The van der Waals surface area contributed by atoms with Crippen LogP contribution < -0.4 is 9.62 Å². The standard InChI is InChI=1S/C21H23BrN8O3S2/c1-13(2)18(31)29-7-5-28(6-8-29)16-9-14(35(32,33)27-21(12-23)3-4-21)10-17-15(16)11-24-30(17)20-26-25-19(22)34-20/h9-11,13,27H,3-8H2,1-2H3. The fourth-order valence-corrected chi connectivity index (χ4v) is 6.62. The average Bonchev–Trinajstić information content (AvgIpc) is 3.25. The number of carbonyl (C=O) groups excluding carboxylic acids is 1. The molecule has 0 atom stereocenters. The Morgan fingerprint density at radius 3 is 2.51 bits per heavy atom. The zero-order valence-electron chi connectivity index (χ0n) is 19.1. The van der Waals surface area contributed by atoms with Crippen LogP contribution in [0.2, 0.25) is 0 Å². The third-order valence-corrected chi connectivity index (χ3v) is 9.09. The summed E-state index contributed by atoms with van der Waals surface area (Å²) >= 11 is 4.58. The molecule has 1 aliphatic carbocycles. The highest BCUT2D eigenvalue weighted by atomic mass is 79.9. The lowest BCUT2D eigenvalue weighted by Crippen LogP contribution is -2.50. The second-order valence-corrected chi connectivity index (χ2v) is 13.0. The summed E-state index contributed by atoms with van der Waals surface area (Å²) in [5, 5.41) is 23.2. The van der Waals surface area contributed by atoms with Gasteiger partial charge in [-0.1, -0.05) is 25.2 Å². The summed E-state index contributed by atoms with van der Waals surface area (Å²) in [5.41, 5.74) is 0.228. The van der Waals surface area contributed by atoms with E-state index in [-0.39, 0.29) is 16.7 Å². The van der Waals surface area contributed by atoms with Gasteiger partial charge in [0.05, 0.1) is 22.7 Å². The van der Waals surface area contributed by atoms with Crippen LogP contribution in [0.5, 0.6) is 0 Å². The Balaban J connectivity index is 1.57. The second-order valence-electron chi connectivity index (χ2n) is 9.04. The molecule has 1 N–H and O–H groups in total. The normalized spacial score (nSPS) is 17.7. The number of piperazine rings is 1. The molecule has 1 aliphatic heterocycles. The number of hydrogen-bond acceptors (Lipinski definition) is 9. The minimum absolute atomic E-state index is 0.0487. The van der Waals surface area contributed by atoms with E-state index >= 15 is 0 Å². The third kappa shape index (κ3) is 4.53. The van der Waals surface area contributed by atoms with Gasteiger partial charge in [0.2, 0.25) is 21.1 Å². The van der Waals surface area contributed by atoms with Gasteiger partial charge in [0, 0.05) is 43.2 Å². The molecule has 35 heavy (non-hydrogen) atoms. The van der Waals surface area contributed by atoms with E-state index in [9.17, 15) is 18.5 Å². The topological polar surface area (TPSA) is 137 Å². The molecule has 184 valence electrons. The highest BCUT2D eigenvalue weighted by molar-refractivity contribution is 9.11. The van der Waals surface area contributed by atoms with Crippen molar-refractivity contribution >= 4 is 59.8 Å². The van der Waals surface area contributed by atoms with Gasteiger partial charge in [-0.15, -0.1) is 10.2 Å². The third-order valence-electron chi connectivity index (χ3n) is 6.24. The highest BCUT2D eigenvalue weighted by Crippen LogP contribution is 2.38. The lowest BCUT2D eigenvalue weighted by Gasteiger charge is -2.37. The Kier molecular flexibility index (Phi) is 6.07. The molecule has 0 bridgehead atoms. The van der Waals surface area contributed by atoms with Gasteiger partial charge in [-0.25, -0.2) is 13.1 Å². The van der Waals surface area contributed by atoms with Crippen molar-refractivity contribution in [1.82, 2.24) is 29.6 Å². The second kappa shape index (κ2) is 8.81. The summed E-state index contributed by atoms with van der Waals surface area (Å²) in [5.74, 6) is 0.0309. The molecule has 1 amide bonds. The molecule has 1 saturated carbocycles. The summed E-state index contributed by atoms with van der Waals surface area (Å²) in [7, 11) is -3.97. The first-order valence-electron chi connectivity index (χ1n) is 11.1. The fourth-order valence-electron chi connectivity index (χ4n) is 4.15. The minimum Gasteiger partial charge on any atom is -0.367 e. The number of fused-ring (bicyclic) bond motifs is 1. The molecule has 2 aromatic heterocycles. The van der Waals surface area contributed by atoms with Gasteiger partial charge in [-0.3, -0.25) is 4.79 Å². The van der Waals surface area contributed by atoms with Crippen molar-refractivity contribution in [3.05, 3.63) is 22.2 Å². The maximum Gasteiger partial charge on any atom is 0.242 e. The van der Waals surface area contributed by atoms with Crippen LogP contribution in [0.4, 0.5) is 5.69 Å². The Hall–Kier alpha value is -2.60. The van der Waals surface area contributed by atoms with E-state index in [2.05, 4.69) is 46.9 Å². The van der Waals surface area contributed by atoms with Crippen molar-refractivity contribution in [2.45, 2.75) is 37.1 Å². The number of hydrogen-bond donors (Lipinski definition) is 1. The monoisotopic (exact) mass is 578 g/mol. The highest BCUT2D eigenvalue weighted by Gasteiger charge is 2.47. The van der Waals surface area contributed by atoms with Crippen LogP contribution >= 0.6 is 27.3 Å². The molecular weight excluding hydrogens is 556 g/mol. The molecule has 0 spiro atoms. The van der Waals surface area contributed by atoms with Gasteiger partial charge < -0.3 is 9.80 Å². The molecular formula is C21H23BrN8O3S2. The number of anilines is 1. The molecule has 2 fully saturated rings. The molecule has 11 nitrogen and oxygen atoms in total. The number of rotatable bonds is 6. The van der Waals surface area contributed by atoms with Crippen molar-refractivity contribution in [3.63, 3.8) is 0 Å². The van der Waals surface area contributed by atoms with Crippen molar-refractivity contribution in [3.8, 4) is 11.2 Å². The molecule has 1 aromatic carbocycles. The summed E-state index contributed by atoms with van der Waals surface area (Å²) < 4.78 is 31.4. The molecule has 0 radical (unpaired) electrons. The molecule has 2 aliphatic rings. The number of carbonyl (C=O) groups is 1. The van der Waals surface area contributed by atoms with Crippen LogP contribution in [-0.2, 0) is 14.8 Å². The fraction of sp³-hybridized carbons (Fsp3) is 0.476. The Morgan fingerprint density at radius 1 is 1.23 bits per heavy atom. The van der Waals surface area contributed by atoms with E-state index in [0.29, 0.717) is 59.3 Å². The molecule has 3 heterocycles. The predicted molar refractivity (Wildman–Crippen MR) is 134 cm³/mol. The largest absolute Gasteiger partial charge is 0.367 e. The van der Waals surface area contributed by atoms with Gasteiger partial charge in [0.1, 0.15) is 5.54 Å². The van der Waals surface area contributed by atoms with Gasteiger partial charge in [-0.05, 0) is 40.9 Å². The quantitative estimate of drug-likeness (QED) is 0.470. The Labute approximate surface area is 214 Å². The number of benzene rings is 1. The SMILES string of the molecule is CC(C)C(=O)N1CCN(c2cc(S(=O)(=O)NC3(C#N)CC3)cc3c2cnn3-c2nnc(Br)s2)CC1. The van der Waals surface area contributed by atoms with E-state index in [1.54, 1.807) is 23.0 Å². The molecule has 1 saturated heterocycles. The summed E-state index contributed by atoms with van der Waals surface area (Å²) in [4.78, 5) is 16.4. The molecule has 0 unspecified atom stereocenters. The van der Waals surface area contributed by atoms with Gasteiger partial charge in [0.15, 0.2) is 3.92 Å². The number of nitrogens with one attached hydrogen (secondary N) is 1. The first kappa shape index (κ1) is 24.1. The van der Waals surface area contributed by atoms with Crippen LogP contribution in [0, 0.1) is 17.2 Å². The number of nitrogens with zero attached hydrogens (tertiary/aromatic N) is 7. The van der Waals surface area contributed by atoms with Crippen LogP contribution in [0.1, 0.15) is 26.7 Å². The first-order valence-corrected chi connectivity index (χ1v) is 14.2. The minimum atomic E-state index is -3.97. The first-order chi connectivity index (χ1) is 16.6. The molecule has 3 aromatic rings. The lowest BCUT2D eigenvalue weighted by molar-refractivity contribution is -0.134. The maximum absolute atomic E-state index is 13.3. The lowest BCUT2D eigenvalue weighted by atomic mass is 10.1. The zero-order chi connectivity index (χ0) is 25.0. The van der Waals surface area contributed by atoms with Crippen LogP contribution in [0.15, 0.2) is 27.1 Å². The maximum atomic E-state index is 13.3. The van der Waals surface area contributed by atoms with Crippen molar-refractivity contribution in [2.24, 2.45) is 5.92 Å². The van der Waals surface area contributed by atoms with Crippen LogP contribution in [0.25, 0.3) is 16.0 Å². The Morgan fingerprint density at radius 2 is 1.94 bits per heavy atom. The smallest absolute Gasteiger partial charge is 0.242 e. The van der Waals surface area contributed by atoms with Crippen LogP contribution in [-0.4, -0.2) is 70.9 Å². The van der Waals surface area contributed by atoms with Crippen molar-refractivity contribution in [2.75, 3.05) is 31.1 Å². The number of sulfonamides is 1. The summed E-state index contributed by atoms with van der Waals surface area (Å²) in [6.45, 7) is 5.97. The summed E-state index contributed by atoms with van der Waals surface area (Å²) in [6.07, 6.45) is 2.66. The predicted octanol–water partition coefficient (Wildman–Crippen LogP) is 2.28. The number of halogens is 1. The van der Waals surface area contributed by atoms with Gasteiger partial charge in [-0.2, -0.15) is 15.1 Å². The number of amides is 1. The molecule has 14 heteroatoms. The Bertz CT molecular complexity index is 1450. The van der Waals surface area contributed by atoms with Gasteiger partial charge >= 0.3 is 0 Å². The number of aromatic nitrogens is 4.